The Morgan fingerprint density at radius 2 is 1.68 bits per heavy atom. The van der Waals surface area contributed by atoms with E-state index in [0.29, 0.717) is 0 Å². The Morgan fingerprint density at radius 1 is 1.05 bits per heavy atom. The fourth-order valence-corrected chi connectivity index (χ4v) is 3.89. The van der Waals surface area contributed by atoms with Crippen LogP contribution in [0.1, 0.15) is 42.1 Å². The lowest BCUT2D eigenvalue weighted by molar-refractivity contribution is 0.566. The number of benzene rings is 2. The third kappa shape index (κ3) is 4.42. The molecule has 2 aromatic carbocycles. The van der Waals surface area contributed by atoms with Gasteiger partial charge in [-0.25, -0.2) is 13.1 Å². The van der Waals surface area contributed by atoms with Gasteiger partial charge in [-0.15, -0.1) is 0 Å². The van der Waals surface area contributed by atoms with E-state index in [0.717, 1.165) is 23.1 Å². The van der Waals surface area contributed by atoms with E-state index < -0.39 is 10.0 Å². The lowest BCUT2D eigenvalue weighted by atomic mass is 10.1. The zero-order valence-electron chi connectivity index (χ0n) is 13.3. The largest absolute Gasteiger partial charge is 0.216 e. The van der Waals surface area contributed by atoms with Gasteiger partial charge < -0.3 is 0 Å². The summed E-state index contributed by atoms with van der Waals surface area (Å²) in [5, 5.41) is 0. The molecule has 0 heterocycles. The van der Waals surface area contributed by atoms with Crippen LogP contribution >= 0.6 is 0 Å². The van der Waals surface area contributed by atoms with Gasteiger partial charge in [-0.1, -0.05) is 55.5 Å². The maximum absolute atomic E-state index is 12.3. The standard InChI is InChI=1S/C18H23NO2S/c1-4-16-9-11-17(12-10-16)15(3)19-22(20,21)13-18-8-6-5-7-14(18)2/h5-12,15,19H,4,13H2,1-3H3. The molecule has 118 valence electrons. The van der Waals surface area contributed by atoms with Crippen molar-refractivity contribution >= 4 is 10.0 Å². The first-order valence-corrected chi connectivity index (χ1v) is 9.20. The van der Waals surface area contributed by atoms with E-state index in [9.17, 15) is 8.42 Å². The predicted molar refractivity (Wildman–Crippen MR) is 91.2 cm³/mol. The van der Waals surface area contributed by atoms with E-state index in [2.05, 4.69) is 11.6 Å². The molecule has 0 fully saturated rings. The average Bonchev–Trinajstić information content (AvgIpc) is 2.49. The lowest BCUT2D eigenvalue weighted by Crippen LogP contribution is -2.28. The van der Waals surface area contributed by atoms with Crippen molar-refractivity contribution in [2.75, 3.05) is 0 Å². The molecule has 1 N–H and O–H groups in total. The van der Waals surface area contributed by atoms with Gasteiger partial charge >= 0.3 is 0 Å². The molecule has 0 aliphatic heterocycles. The van der Waals surface area contributed by atoms with Crippen molar-refractivity contribution in [2.45, 2.75) is 39.0 Å². The minimum atomic E-state index is -3.37. The molecule has 0 aromatic heterocycles. The third-order valence-corrected chi connectivity index (χ3v) is 5.25. The smallest absolute Gasteiger partial charge is 0.212 e. The molecule has 0 bridgehead atoms. The minimum absolute atomic E-state index is 0.0110. The molecule has 0 saturated carbocycles. The molecule has 4 heteroatoms. The van der Waals surface area contributed by atoms with Crippen LogP contribution < -0.4 is 4.72 Å². The van der Waals surface area contributed by atoms with E-state index in [4.69, 9.17) is 0 Å². The Balaban J connectivity index is 2.09. The Kier molecular flexibility index (Phi) is 5.37. The minimum Gasteiger partial charge on any atom is -0.212 e. The number of rotatable bonds is 6. The van der Waals surface area contributed by atoms with E-state index in [-0.39, 0.29) is 11.8 Å². The first-order chi connectivity index (χ1) is 10.4. The topological polar surface area (TPSA) is 46.2 Å². The first-order valence-electron chi connectivity index (χ1n) is 7.54. The van der Waals surface area contributed by atoms with Crippen molar-refractivity contribution in [2.24, 2.45) is 0 Å². The number of hydrogen-bond donors (Lipinski definition) is 1. The zero-order chi connectivity index (χ0) is 16.2. The number of nitrogens with one attached hydrogen (secondary N) is 1. The van der Waals surface area contributed by atoms with Crippen molar-refractivity contribution in [1.29, 1.82) is 0 Å². The van der Waals surface area contributed by atoms with Gasteiger partial charge in [0.1, 0.15) is 0 Å². The molecule has 22 heavy (non-hydrogen) atoms. The Morgan fingerprint density at radius 3 is 2.27 bits per heavy atom. The van der Waals surface area contributed by atoms with Gasteiger partial charge in [-0.05, 0) is 42.5 Å². The fraction of sp³-hybridized carbons (Fsp3) is 0.333. The summed E-state index contributed by atoms with van der Waals surface area (Å²) < 4.78 is 27.5. The van der Waals surface area contributed by atoms with Gasteiger partial charge in [0.25, 0.3) is 0 Å². The zero-order valence-corrected chi connectivity index (χ0v) is 14.2. The molecular weight excluding hydrogens is 294 g/mol. The Bertz CT molecular complexity index is 721. The molecule has 2 aromatic rings. The van der Waals surface area contributed by atoms with Crippen molar-refractivity contribution in [3.8, 4) is 0 Å². The summed E-state index contributed by atoms with van der Waals surface area (Å²) in [5.74, 6) is 0.0110. The van der Waals surface area contributed by atoms with Crippen LogP contribution in [0.3, 0.4) is 0 Å². The summed E-state index contributed by atoms with van der Waals surface area (Å²) in [5.41, 5.74) is 4.06. The van der Waals surface area contributed by atoms with Gasteiger partial charge in [0.15, 0.2) is 0 Å². The maximum atomic E-state index is 12.3. The third-order valence-electron chi connectivity index (χ3n) is 3.85. The molecule has 0 aliphatic rings. The molecule has 2 rings (SSSR count). The van der Waals surface area contributed by atoms with Crippen LogP contribution in [0, 0.1) is 6.92 Å². The molecule has 0 radical (unpaired) electrons. The van der Waals surface area contributed by atoms with Gasteiger partial charge in [0.05, 0.1) is 5.75 Å². The van der Waals surface area contributed by atoms with E-state index in [1.807, 2.05) is 62.4 Å². The molecule has 1 atom stereocenters. The first kappa shape index (κ1) is 16.7. The van der Waals surface area contributed by atoms with E-state index in [1.54, 1.807) is 0 Å². The van der Waals surface area contributed by atoms with Crippen LogP contribution in [0.25, 0.3) is 0 Å². The van der Waals surface area contributed by atoms with Gasteiger partial charge in [-0.2, -0.15) is 0 Å². The van der Waals surface area contributed by atoms with Gasteiger partial charge in [0, 0.05) is 6.04 Å². The van der Waals surface area contributed by atoms with Gasteiger partial charge in [-0.3, -0.25) is 0 Å². The maximum Gasteiger partial charge on any atom is 0.216 e. The summed E-state index contributed by atoms with van der Waals surface area (Å²) in [6.07, 6.45) is 0.980. The summed E-state index contributed by atoms with van der Waals surface area (Å²) in [7, 11) is -3.37. The van der Waals surface area contributed by atoms with Crippen LogP contribution in [0.4, 0.5) is 0 Å². The number of sulfonamides is 1. The highest BCUT2D eigenvalue weighted by molar-refractivity contribution is 7.88. The molecular formula is C18H23NO2S. The van der Waals surface area contributed by atoms with Crippen molar-refractivity contribution < 1.29 is 8.42 Å². The number of hydrogen-bond acceptors (Lipinski definition) is 2. The molecule has 3 nitrogen and oxygen atoms in total. The van der Waals surface area contributed by atoms with Crippen LogP contribution in [-0.4, -0.2) is 8.42 Å². The SMILES string of the molecule is CCc1ccc(C(C)NS(=O)(=O)Cc2ccccc2C)cc1. The van der Waals surface area contributed by atoms with Crippen molar-refractivity contribution in [3.05, 3.63) is 70.8 Å². The Labute approximate surface area is 133 Å². The summed E-state index contributed by atoms with van der Waals surface area (Å²) >= 11 is 0. The highest BCUT2D eigenvalue weighted by Gasteiger charge is 2.17. The lowest BCUT2D eigenvalue weighted by Gasteiger charge is -2.16. The number of aryl methyl sites for hydroxylation is 2. The van der Waals surface area contributed by atoms with E-state index in [1.165, 1.54) is 5.56 Å². The highest BCUT2D eigenvalue weighted by Crippen LogP contribution is 2.17. The average molecular weight is 317 g/mol. The second-order valence-electron chi connectivity index (χ2n) is 5.62. The Hall–Kier alpha value is -1.65. The predicted octanol–water partition coefficient (Wildman–Crippen LogP) is 3.74. The van der Waals surface area contributed by atoms with Crippen molar-refractivity contribution in [3.63, 3.8) is 0 Å². The summed E-state index contributed by atoms with van der Waals surface area (Å²) in [6, 6.07) is 15.4. The normalized spacial score (nSPS) is 13.0. The highest BCUT2D eigenvalue weighted by atomic mass is 32.2. The van der Waals surface area contributed by atoms with E-state index >= 15 is 0 Å². The molecule has 0 aliphatic carbocycles. The van der Waals surface area contributed by atoms with Crippen LogP contribution in [0.15, 0.2) is 48.5 Å². The second kappa shape index (κ2) is 7.07. The monoisotopic (exact) mass is 317 g/mol. The summed E-state index contributed by atoms with van der Waals surface area (Å²) in [6.45, 7) is 5.90. The quantitative estimate of drug-likeness (QED) is 0.882. The molecule has 0 spiro atoms. The molecule has 1 unspecified atom stereocenters. The van der Waals surface area contributed by atoms with Crippen LogP contribution in [-0.2, 0) is 22.2 Å². The fourth-order valence-electron chi connectivity index (χ4n) is 2.40. The van der Waals surface area contributed by atoms with Gasteiger partial charge in [0.2, 0.25) is 10.0 Å². The van der Waals surface area contributed by atoms with Crippen molar-refractivity contribution in [1.82, 2.24) is 4.72 Å². The second-order valence-corrected chi connectivity index (χ2v) is 7.37. The molecule has 0 saturated heterocycles. The molecule has 0 amide bonds. The summed E-state index contributed by atoms with van der Waals surface area (Å²) in [4.78, 5) is 0. The van der Waals surface area contributed by atoms with Crippen LogP contribution in [0.2, 0.25) is 0 Å². The van der Waals surface area contributed by atoms with Crippen LogP contribution in [0.5, 0.6) is 0 Å².